The van der Waals surface area contributed by atoms with E-state index in [0.717, 1.165) is 35.9 Å². The van der Waals surface area contributed by atoms with Crippen LogP contribution in [0.25, 0.3) is 0 Å². The highest BCUT2D eigenvalue weighted by molar-refractivity contribution is 5.56. The van der Waals surface area contributed by atoms with Crippen molar-refractivity contribution in [3.8, 4) is 5.75 Å². The smallest absolute Gasteiger partial charge is 0.229 e. The fourth-order valence-corrected chi connectivity index (χ4v) is 2.57. The second-order valence-electron chi connectivity index (χ2n) is 6.07. The molecule has 1 aromatic carbocycles. The van der Waals surface area contributed by atoms with Gasteiger partial charge >= 0.3 is 0 Å². The summed E-state index contributed by atoms with van der Waals surface area (Å²) in [6.07, 6.45) is 4.57. The summed E-state index contributed by atoms with van der Waals surface area (Å²) < 4.78 is 5.18. The van der Waals surface area contributed by atoms with Crippen LogP contribution in [0.1, 0.15) is 11.3 Å². The number of nitrogens with zero attached hydrogens (tertiary/aromatic N) is 4. The number of nitrogens with one attached hydrogen (secondary N) is 1. The van der Waals surface area contributed by atoms with E-state index in [4.69, 9.17) is 4.74 Å². The van der Waals surface area contributed by atoms with Gasteiger partial charge in [-0.15, -0.1) is 0 Å². The lowest BCUT2D eigenvalue weighted by Crippen LogP contribution is -2.22. The molecule has 0 spiro atoms. The number of ether oxygens (including phenoxy) is 1. The lowest BCUT2D eigenvalue weighted by Gasteiger charge is -2.19. The molecule has 134 valence electrons. The third kappa shape index (κ3) is 4.69. The van der Waals surface area contributed by atoms with Crippen molar-refractivity contribution in [1.29, 1.82) is 0 Å². The van der Waals surface area contributed by atoms with E-state index in [-0.39, 0.29) is 0 Å². The van der Waals surface area contributed by atoms with Crippen molar-refractivity contribution >= 4 is 17.5 Å². The van der Waals surface area contributed by atoms with E-state index in [1.165, 1.54) is 5.56 Å². The number of aromatic nitrogens is 3. The fourth-order valence-electron chi connectivity index (χ4n) is 2.57. The first-order valence-corrected chi connectivity index (χ1v) is 8.51. The molecule has 0 amide bonds. The molecule has 1 N–H and O–H groups in total. The van der Waals surface area contributed by atoms with Crippen LogP contribution in [-0.2, 0) is 6.42 Å². The third-order valence-electron chi connectivity index (χ3n) is 4.06. The first-order valence-electron chi connectivity index (χ1n) is 8.51. The summed E-state index contributed by atoms with van der Waals surface area (Å²) in [5.41, 5.74) is 3.10. The van der Waals surface area contributed by atoms with Gasteiger partial charge in [0, 0.05) is 43.4 Å². The molecule has 2 heterocycles. The molecular weight excluding hydrogens is 326 g/mol. The summed E-state index contributed by atoms with van der Waals surface area (Å²) in [4.78, 5) is 15.3. The minimum Gasteiger partial charge on any atom is -0.497 e. The zero-order valence-electron chi connectivity index (χ0n) is 15.3. The van der Waals surface area contributed by atoms with Crippen LogP contribution in [0.5, 0.6) is 5.75 Å². The average molecular weight is 349 g/mol. The zero-order valence-corrected chi connectivity index (χ0v) is 15.3. The van der Waals surface area contributed by atoms with Crippen molar-refractivity contribution in [1.82, 2.24) is 15.0 Å². The van der Waals surface area contributed by atoms with Crippen LogP contribution in [-0.4, -0.2) is 35.7 Å². The van der Waals surface area contributed by atoms with Crippen LogP contribution in [0.2, 0.25) is 0 Å². The Morgan fingerprint density at radius 1 is 1.04 bits per heavy atom. The van der Waals surface area contributed by atoms with Gasteiger partial charge in [-0.25, -0.2) is 4.98 Å². The maximum absolute atomic E-state index is 5.18. The van der Waals surface area contributed by atoms with Gasteiger partial charge in [-0.1, -0.05) is 0 Å². The van der Waals surface area contributed by atoms with Gasteiger partial charge < -0.3 is 15.0 Å². The van der Waals surface area contributed by atoms with E-state index in [9.17, 15) is 0 Å². The summed E-state index contributed by atoms with van der Waals surface area (Å²) in [5.74, 6) is 2.29. The van der Waals surface area contributed by atoms with E-state index in [1.54, 1.807) is 7.11 Å². The second kappa shape index (κ2) is 8.29. The van der Waals surface area contributed by atoms with E-state index in [0.29, 0.717) is 5.95 Å². The quantitative estimate of drug-likeness (QED) is 0.703. The molecule has 0 radical (unpaired) electrons. The lowest BCUT2D eigenvalue weighted by molar-refractivity contribution is 0.415. The molecule has 0 unspecified atom stereocenters. The molecule has 0 saturated heterocycles. The number of likely N-dealkylation sites (N-methyl/N-ethyl adjacent to an activating group) is 1. The van der Waals surface area contributed by atoms with E-state index >= 15 is 0 Å². The van der Waals surface area contributed by atoms with Gasteiger partial charge in [0.15, 0.2) is 0 Å². The molecule has 0 aliphatic rings. The predicted octanol–water partition coefficient (Wildman–Crippen LogP) is 3.61. The molecule has 26 heavy (non-hydrogen) atoms. The Labute approximate surface area is 153 Å². The Bertz CT molecular complexity index is 837. The topological polar surface area (TPSA) is 63.2 Å². The summed E-state index contributed by atoms with van der Waals surface area (Å²) >= 11 is 0. The fraction of sp³-hybridized carbons (Fsp3) is 0.250. The number of rotatable bonds is 7. The number of benzene rings is 1. The molecule has 0 aliphatic carbocycles. The van der Waals surface area contributed by atoms with Crippen molar-refractivity contribution in [2.45, 2.75) is 13.3 Å². The van der Waals surface area contributed by atoms with E-state index < -0.39 is 0 Å². The van der Waals surface area contributed by atoms with Crippen molar-refractivity contribution in [3.05, 3.63) is 66.1 Å². The number of pyridine rings is 1. The Hall–Kier alpha value is -3.15. The number of anilines is 3. The molecule has 0 atom stereocenters. The normalized spacial score (nSPS) is 10.4. The van der Waals surface area contributed by atoms with Gasteiger partial charge in [-0.2, -0.15) is 4.98 Å². The highest BCUT2D eigenvalue weighted by Crippen LogP contribution is 2.20. The number of aryl methyl sites for hydroxylation is 1. The molecule has 3 rings (SSSR count). The average Bonchev–Trinajstić information content (AvgIpc) is 2.67. The summed E-state index contributed by atoms with van der Waals surface area (Å²) in [6.45, 7) is 2.84. The van der Waals surface area contributed by atoms with Crippen molar-refractivity contribution in [3.63, 3.8) is 0 Å². The van der Waals surface area contributed by atoms with Crippen molar-refractivity contribution in [2.75, 3.05) is 30.9 Å². The minimum atomic E-state index is 0.584. The molecule has 6 heteroatoms. The second-order valence-corrected chi connectivity index (χ2v) is 6.07. The van der Waals surface area contributed by atoms with Gasteiger partial charge in [0.2, 0.25) is 5.95 Å². The monoisotopic (exact) mass is 349 g/mol. The maximum atomic E-state index is 5.18. The number of hydrogen-bond acceptors (Lipinski definition) is 6. The van der Waals surface area contributed by atoms with Crippen LogP contribution in [0.3, 0.4) is 0 Å². The van der Waals surface area contributed by atoms with Crippen LogP contribution < -0.4 is 15.0 Å². The molecule has 0 fully saturated rings. The zero-order chi connectivity index (χ0) is 18.4. The van der Waals surface area contributed by atoms with Crippen LogP contribution in [0.15, 0.2) is 54.9 Å². The Morgan fingerprint density at radius 2 is 1.77 bits per heavy atom. The summed E-state index contributed by atoms with van der Waals surface area (Å²) in [5, 5.41) is 3.25. The molecule has 0 aliphatic heterocycles. The Balaban J connectivity index is 1.69. The summed E-state index contributed by atoms with van der Waals surface area (Å²) in [6, 6.07) is 13.8. The van der Waals surface area contributed by atoms with Crippen molar-refractivity contribution in [2.24, 2.45) is 0 Å². The number of hydrogen-bond donors (Lipinski definition) is 1. The van der Waals surface area contributed by atoms with Crippen LogP contribution in [0, 0.1) is 6.92 Å². The van der Waals surface area contributed by atoms with Gasteiger partial charge in [0.25, 0.3) is 0 Å². The van der Waals surface area contributed by atoms with Gasteiger partial charge in [0.1, 0.15) is 11.6 Å². The molecule has 2 aromatic heterocycles. The van der Waals surface area contributed by atoms with Gasteiger partial charge in [-0.05, 0) is 55.3 Å². The number of methoxy groups -OCH3 is 1. The lowest BCUT2D eigenvalue weighted by atomic mass is 10.2. The first kappa shape index (κ1) is 17.7. The highest BCUT2D eigenvalue weighted by Gasteiger charge is 2.08. The van der Waals surface area contributed by atoms with Gasteiger partial charge in [0.05, 0.1) is 7.11 Å². The van der Waals surface area contributed by atoms with Crippen molar-refractivity contribution < 1.29 is 4.74 Å². The van der Waals surface area contributed by atoms with E-state index in [1.807, 2.05) is 68.8 Å². The summed E-state index contributed by atoms with van der Waals surface area (Å²) in [7, 11) is 3.69. The standard InChI is InChI=1S/C20H23N5O/c1-15-14-19(25(2)13-10-16-8-11-21-12-9-16)24-20(22-15)23-17-4-6-18(26-3)7-5-17/h4-9,11-12,14H,10,13H2,1-3H3,(H,22,23,24). The molecule has 0 saturated carbocycles. The largest absolute Gasteiger partial charge is 0.497 e. The molecule has 0 bridgehead atoms. The van der Waals surface area contributed by atoms with E-state index in [2.05, 4.69) is 25.2 Å². The Morgan fingerprint density at radius 3 is 2.46 bits per heavy atom. The molecular formula is C20H23N5O. The Kier molecular flexibility index (Phi) is 5.63. The maximum Gasteiger partial charge on any atom is 0.229 e. The SMILES string of the molecule is COc1ccc(Nc2nc(C)cc(N(C)CCc3ccncc3)n2)cc1. The minimum absolute atomic E-state index is 0.584. The first-order chi connectivity index (χ1) is 12.6. The third-order valence-corrected chi connectivity index (χ3v) is 4.06. The molecule has 3 aromatic rings. The van der Waals surface area contributed by atoms with Crippen LogP contribution in [0.4, 0.5) is 17.5 Å². The molecule has 6 nitrogen and oxygen atoms in total. The predicted molar refractivity (Wildman–Crippen MR) is 104 cm³/mol. The van der Waals surface area contributed by atoms with Crippen LogP contribution >= 0.6 is 0 Å². The highest BCUT2D eigenvalue weighted by atomic mass is 16.5. The van der Waals surface area contributed by atoms with Gasteiger partial charge in [-0.3, -0.25) is 4.98 Å².